The molecular formula is C12H14N4OS. The number of aliphatic hydroxyl groups excluding tert-OH is 1. The number of rotatable bonds is 5. The van der Waals surface area contributed by atoms with Gasteiger partial charge in [0.25, 0.3) is 0 Å². The summed E-state index contributed by atoms with van der Waals surface area (Å²) in [7, 11) is 0. The fourth-order valence-electron chi connectivity index (χ4n) is 1.31. The van der Waals surface area contributed by atoms with E-state index in [4.69, 9.17) is 10.8 Å². The van der Waals surface area contributed by atoms with Crippen LogP contribution in [-0.4, -0.2) is 28.2 Å². The van der Waals surface area contributed by atoms with Crippen molar-refractivity contribution in [2.45, 2.75) is 9.92 Å². The smallest absolute Gasteiger partial charge is 0.223 e. The highest BCUT2D eigenvalue weighted by molar-refractivity contribution is 7.99. The van der Waals surface area contributed by atoms with Crippen molar-refractivity contribution in [3.05, 3.63) is 36.5 Å². The number of hydrogen-bond acceptors (Lipinski definition) is 6. The van der Waals surface area contributed by atoms with Gasteiger partial charge in [-0.15, -0.1) is 0 Å². The third-order valence-corrected chi connectivity index (χ3v) is 3.07. The van der Waals surface area contributed by atoms with Gasteiger partial charge in [-0.1, -0.05) is 11.8 Å². The van der Waals surface area contributed by atoms with Crippen molar-refractivity contribution in [3.8, 4) is 0 Å². The van der Waals surface area contributed by atoms with Crippen LogP contribution in [-0.2, 0) is 0 Å². The van der Waals surface area contributed by atoms with Crippen LogP contribution in [0.4, 0.5) is 11.6 Å². The number of benzene rings is 1. The van der Waals surface area contributed by atoms with Crippen LogP contribution in [0.25, 0.3) is 0 Å². The van der Waals surface area contributed by atoms with Gasteiger partial charge in [-0.2, -0.15) is 0 Å². The van der Waals surface area contributed by atoms with Gasteiger partial charge >= 0.3 is 0 Å². The SMILES string of the molecule is Nc1ccc(Sc2ccnc(NCCO)n2)cc1. The molecule has 0 fully saturated rings. The van der Waals surface area contributed by atoms with E-state index in [9.17, 15) is 0 Å². The molecule has 94 valence electrons. The van der Waals surface area contributed by atoms with Gasteiger partial charge in [0.1, 0.15) is 5.03 Å². The minimum absolute atomic E-state index is 0.0543. The fourth-order valence-corrected chi connectivity index (χ4v) is 2.08. The van der Waals surface area contributed by atoms with Crippen molar-refractivity contribution in [2.75, 3.05) is 24.2 Å². The number of nitrogens with two attached hydrogens (primary N) is 1. The molecule has 0 unspecified atom stereocenters. The molecule has 0 atom stereocenters. The Bertz CT molecular complexity index is 504. The van der Waals surface area contributed by atoms with E-state index in [1.807, 2.05) is 30.3 Å². The maximum absolute atomic E-state index is 8.72. The topological polar surface area (TPSA) is 84.1 Å². The predicted molar refractivity (Wildman–Crippen MR) is 72.6 cm³/mol. The summed E-state index contributed by atoms with van der Waals surface area (Å²) in [5, 5.41) is 12.5. The molecule has 0 radical (unpaired) electrons. The van der Waals surface area contributed by atoms with Crippen molar-refractivity contribution < 1.29 is 5.11 Å². The Hall–Kier alpha value is -1.79. The average Bonchev–Trinajstić information content (AvgIpc) is 2.40. The quantitative estimate of drug-likeness (QED) is 0.561. The second kappa shape index (κ2) is 6.23. The van der Waals surface area contributed by atoms with Crippen molar-refractivity contribution in [1.29, 1.82) is 0 Å². The molecule has 0 aliphatic heterocycles. The lowest BCUT2D eigenvalue weighted by Crippen LogP contribution is -2.08. The minimum atomic E-state index is 0.0543. The number of nitrogens with one attached hydrogen (secondary N) is 1. The van der Waals surface area contributed by atoms with E-state index in [1.54, 1.807) is 6.20 Å². The van der Waals surface area contributed by atoms with E-state index in [1.165, 1.54) is 11.8 Å². The summed E-state index contributed by atoms with van der Waals surface area (Å²) in [6.45, 7) is 0.495. The van der Waals surface area contributed by atoms with Crippen molar-refractivity contribution in [2.24, 2.45) is 0 Å². The van der Waals surface area contributed by atoms with E-state index in [2.05, 4.69) is 15.3 Å². The maximum atomic E-state index is 8.72. The van der Waals surface area contributed by atoms with Gasteiger partial charge in [0.15, 0.2) is 0 Å². The summed E-state index contributed by atoms with van der Waals surface area (Å²) in [5.41, 5.74) is 6.37. The molecule has 6 heteroatoms. The average molecular weight is 262 g/mol. The van der Waals surface area contributed by atoms with Crippen molar-refractivity contribution in [3.63, 3.8) is 0 Å². The summed E-state index contributed by atoms with van der Waals surface area (Å²) < 4.78 is 0. The number of aliphatic hydroxyl groups is 1. The van der Waals surface area contributed by atoms with Crippen LogP contribution in [0.2, 0.25) is 0 Å². The maximum Gasteiger partial charge on any atom is 0.223 e. The first-order valence-electron chi connectivity index (χ1n) is 5.49. The predicted octanol–water partition coefficient (Wildman–Crippen LogP) is 1.61. The van der Waals surface area contributed by atoms with Crippen LogP contribution in [0.5, 0.6) is 0 Å². The van der Waals surface area contributed by atoms with Crippen LogP contribution >= 0.6 is 11.8 Å². The summed E-state index contributed by atoms with van der Waals surface area (Å²) in [5.74, 6) is 0.518. The second-order valence-corrected chi connectivity index (χ2v) is 4.63. The van der Waals surface area contributed by atoms with Crippen LogP contribution in [0.15, 0.2) is 46.5 Å². The van der Waals surface area contributed by atoms with Gasteiger partial charge < -0.3 is 16.2 Å². The van der Waals surface area contributed by atoms with E-state index in [0.29, 0.717) is 12.5 Å². The Morgan fingerprint density at radius 2 is 2.00 bits per heavy atom. The number of aromatic nitrogens is 2. The summed E-state index contributed by atoms with van der Waals surface area (Å²) in [6.07, 6.45) is 1.69. The van der Waals surface area contributed by atoms with E-state index in [-0.39, 0.29) is 6.61 Å². The van der Waals surface area contributed by atoms with Crippen LogP contribution in [0.3, 0.4) is 0 Å². The molecular weight excluding hydrogens is 248 g/mol. The van der Waals surface area contributed by atoms with Gasteiger partial charge in [-0.3, -0.25) is 0 Å². The molecule has 0 saturated heterocycles. The lowest BCUT2D eigenvalue weighted by molar-refractivity contribution is 0.310. The highest BCUT2D eigenvalue weighted by Gasteiger charge is 2.01. The fraction of sp³-hybridized carbons (Fsp3) is 0.167. The van der Waals surface area contributed by atoms with Gasteiger partial charge in [0, 0.05) is 23.3 Å². The third-order valence-electron chi connectivity index (χ3n) is 2.13. The standard InChI is InChI=1S/C12H14N4OS/c13-9-1-3-10(4-2-9)18-11-5-6-14-12(16-11)15-7-8-17/h1-6,17H,7-8,13H2,(H,14,15,16). The molecule has 1 aromatic carbocycles. The highest BCUT2D eigenvalue weighted by atomic mass is 32.2. The molecule has 1 aromatic heterocycles. The number of anilines is 2. The zero-order chi connectivity index (χ0) is 12.8. The van der Waals surface area contributed by atoms with Gasteiger partial charge in [-0.25, -0.2) is 9.97 Å². The molecule has 1 heterocycles. The molecule has 0 saturated carbocycles. The summed E-state index contributed by atoms with van der Waals surface area (Å²) in [4.78, 5) is 9.46. The molecule has 4 N–H and O–H groups in total. The van der Waals surface area contributed by atoms with Gasteiger partial charge in [0.2, 0.25) is 5.95 Å². The monoisotopic (exact) mass is 262 g/mol. The Kier molecular flexibility index (Phi) is 4.38. The zero-order valence-corrected chi connectivity index (χ0v) is 10.5. The van der Waals surface area contributed by atoms with Crippen LogP contribution in [0.1, 0.15) is 0 Å². The van der Waals surface area contributed by atoms with E-state index in [0.717, 1.165) is 15.6 Å². The van der Waals surface area contributed by atoms with Crippen LogP contribution < -0.4 is 11.1 Å². The van der Waals surface area contributed by atoms with E-state index < -0.39 is 0 Å². The number of hydrogen-bond donors (Lipinski definition) is 3. The number of nitrogen functional groups attached to an aromatic ring is 1. The Labute approximate surface area is 109 Å². The van der Waals surface area contributed by atoms with Crippen LogP contribution in [0, 0.1) is 0 Å². The summed E-state index contributed by atoms with van der Waals surface area (Å²) in [6, 6.07) is 9.44. The molecule has 0 bridgehead atoms. The normalized spacial score (nSPS) is 10.3. The van der Waals surface area contributed by atoms with Gasteiger partial charge in [-0.05, 0) is 30.3 Å². The first kappa shape index (κ1) is 12.7. The molecule has 0 spiro atoms. The first-order valence-corrected chi connectivity index (χ1v) is 6.31. The molecule has 0 amide bonds. The van der Waals surface area contributed by atoms with Gasteiger partial charge in [0.05, 0.1) is 6.61 Å². The minimum Gasteiger partial charge on any atom is -0.399 e. The second-order valence-electron chi connectivity index (χ2n) is 3.54. The first-order chi connectivity index (χ1) is 8.78. The van der Waals surface area contributed by atoms with Crippen molar-refractivity contribution in [1.82, 2.24) is 9.97 Å². The zero-order valence-electron chi connectivity index (χ0n) is 9.71. The third kappa shape index (κ3) is 3.61. The lowest BCUT2D eigenvalue weighted by atomic mass is 10.3. The number of nitrogens with zero attached hydrogens (tertiary/aromatic N) is 2. The highest BCUT2D eigenvalue weighted by Crippen LogP contribution is 2.26. The van der Waals surface area contributed by atoms with Crippen molar-refractivity contribution >= 4 is 23.4 Å². The molecule has 18 heavy (non-hydrogen) atoms. The lowest BCUT2D eigenvalue weighted by Gasteiger charge is -2.05. The summed E-state index contributed by atoms with van der Waals surface area (Å²) >= 11 is 1.53. The largest absolute Gasteiger partial charge is 0.399 e. The molecule has 2 aromatic rings. The Morgan fingerprint density at radius 1 is 1.22 bits per heavy atom. The Morgan fingerprint density at radius 3 is 2.72 bits per heavy atom. The molecule has 5 nitrogen and oxygen atoms in total. The molecule has 0 aliphatic carbocycles. The molecule has 2 rings (SSSR count). The molecule has 0 aliphatic rings. The Balaban J connectivity index is 2.06. The van der Waals surface area contributed by atoms with E-state index >= 15 is 0 Å².